The standard InChI is InChI=1S/C26H33FN2O5Si/c1-16-23(35(3,4)27)22(12-13-30)34-26(16)20-14-19(28-24(32)17(2)31)10-11-21(20)29(25(26)33)15-18-8-6-5-7-9-18/h5-11,14,16-17,22-23,30-31H,12-13,15H2,1-4H3,(H,28,32)/t16-,17-,22+,23-,26+/m0/s1. The number of aliphatic hydroxyl groups excluding tert-OH is 2. The van der Waals surface area contributed by atoms with Gasteiger partial charge >= 0.3 is 0 Å². The third-order valence-electron chi connectivity index (χ3n) is 7.20. The Morgan fingerprint density at radius 2 is 1.94 bits per heavy atom. The molecule has 2 aliphatic heterocycles. The molecule has 0 radical (unpaired) electrons. The molecule has 7 nitrogen and oxygen atoms in total. The van der Waals surface area contributed by atoms with Gasteiger partial charge in [-0.3, -0.25) is 9.59 Å². The number of benzene rings is 2. The van der Waals surface area contributed by atoms with Crippen LogP contribution in [0.4, 0.5) is 15.5 Å². The van der Waals surface area contributed by atoms with Gasteiger partial charge < -0.3 is 29.3 Å². The van der Waals surface area contributed by atoms with E-state index in [1.807, 2.05) is 37.3 Å². The summed E-state index contributed by atoms with van der Waals surface area (Å²) in [5, 5.41) is 22.0. The number of hydrogen-bond acceptors (Lipinski definition) is 5. The highest BCUT2D eigenvalue weighted by Gasteiger charge is 2.66. The molecule has 0 aromatic heterocycles. The maximum absolute atomic E-state index is 15.6. The molecule has 1 saturated heterocycles. The number of halogens is 1. The van der Waals surface area contributed by atoms with Crippen LogP contribution in [0.25, 0.3) is 0 Å². The third-order valence-corrected chi connectivity index (χ3v) is 9.66. The molecule has 9 heteroatoms. The Morgan fingerprint density at radius 1 is 1.26 bits per heavy atom. The van der Waals surface area contributed by atoms with Gasteiger partial charge in [-0.1, -0.05) is 37.3 Å². The lowest BCUT2D eigenvalue weighted by Gasteiger charge is -2.31. The van der Waals surface area contributed by atoms with Crippen molar-refractivity contribution in [1.82, 2.24) is 0 Å². The minimum atomic E-state index is -3.29. The SMILES string of the molecule is C[C@H](O)C(=O)Nc1ccc2c(c1)[C@@]1(O[C@H](CCO)[C@@H]([Si](C)(C)F)[C@@H]1C)C(=O)N2Cc1ccccc1. The average molecular weight is 501 g/mol. The van der Waals surface area contributed by atoms with Crippen LogP contribution in [-0.2, 0) is 26.5 Å². The van der Waals surface area contributed by atoms with Gasteiger partial charge in [0.25, 0.3) is 11.8 Å². The first-order valence-corrected chi connectivity index (χ1v) is 14.9. The van der Waals surface area contributed by atoms with Crippen LogP contribution in [0.15, 0.2) is 48.5 Å². The van der Waals surface area contributed by atoms with Crippen molar-refractivity contribution in [3.63, 3.8) is 0 Å². The Kier molecular flexibility index (Phi) is 6.89. The van der Waals surface area contributed by atoms with Crippen molar-refractivity contribution in [2.45, 2.75) is 63.3 Å². The summed E-state index contributed by atoms with van der Waals surface area (Å²) in [5.74, 6) is -1.33. The van der Waals surface area contributed by atoms with Gasteiger partial charge in [-0.05, 0) is 50.2 Å². The van der Waals surface area contributed by atoms with Crippen LogP contribution < -0.4 is 10.2 Å². The number of aliphatic hydroxyl groups is 2. The molecule has 188 valence electrons. The van der Waals surface area contributed by atoms with Crippen LogP contribution >= 0.6 is 0 Å². The summed E-state index contributed by atoms with van der Waals surface area (Å²) in [6.45, 7) is 6.59. The van der Waals surface area contributed by atoms with E-state index in [1.165, 1.54) is 6.92 Å². The van der Waals surface area contributed by atoms with Gasteiger partial charge in [0, 0.05) is 29.3 Å². The number of amides is 2. The number of hydrogen-bond donors (Lipinski definition) is 3. The predicted molar refractivity (Wildman–Crippen MR) is 134 cm³/mol. The van der Waals surface area contributed by atoms with Crippen molar-refractivity contribution in [3.8, 4) is 0 Å². The minimum absolute atomic E-state index is 0.173. The Balaban J connectivity index is 1.84. The number of anilines is 2. The molecular formula is C26H33FN2O5Si. The van der Waals surface area contributed by atoms with Crippen molar-refractivity contribution in [2.75, 3.05) is 16.8 Å². The van der Waals surface area contributed by atoms with E-state index < -0.39 is 43.6 Å². The van der Waals surface area contributed by atoms with Gasteiger partial charge in [0.1, 0.15) is 6.10 Å². The first-order valence-electron chi connectivity index (χ1n) is 12.0. The minimum Gasteiger partial charge on any atom is -0.396 e. The van der Waals surface area contributed by atoms with Crippen molar-refractivity contribution in [2.24, 2.45) is 5.92 Å². The quantitative estimate of drug-likeness (QED) is 0.398. The van der Waals surface area contributed by atoms with Gasteiger partial charge in [-0.15, -0.1) is 0 Å². The molecule has 3 N–H and O–H groups in total. The summed E-state index contributed by atoms with van der Waals surface area (Å²) in [5.41, 5.74) is 0.623. The van der Waals surface area contributed by atoms with Gasteiger partial charge in [-0.25, -0.2) is 0 Å². The molecular weight excluding hydrogens is 467 g/mol. The molecule has 5 atom stereocenters. The van der Waals surface area contributed by atoms with Crippen LogP contribution in [0.5, 0.6) is 0 Å². The Morgan fingerprint density at radius 3 is 2.54 bits per heavy atom. The van der Waals surface area contributed by atoms with Gasteiger partial charge in [0.05, 0.1) is 18.3 Å². The monoisotopic (exact) mass is 500 g/mol. The van der Waals surface area contributed by atoms with Gasteiger partial charge in [0.2, 0.25) is 8.41 Å². The van der Waals surface area contributed by atoms with Crippen LogP contribution in [-0.4, -0.2) is 49.2 Å². The Labute approximate surface area is 206 Å². The second-order valence-corrected chi connectivity index (χ2v) is 13.9. The smallest absolute Gasteiger partial charge is 0.264 e. The highest BCUT2D eigenvalue weighted by atomic mass is 28.4. The van der Waals surface area contributed by atoms with E-state index in [0.717, 1.165) is 5.56 Å². The summed E-state index contributed by atoms with van der Waals surface area (Å²) < 4.78 is 22.1. The molecule has 2 heterocycles. The number of carbonyl (C=O) groups is 2. The zero-order valence-electron chi connectivity index (χ0n) is 20.5. The fourth-order valence-electron chi connectivity index (χ4n) is 5.69. The maximum atomic E-state index is 15.6. The van der Waals surface area contributed by atoms with Crippen molar-refractivity contribution in [1.29, 1.82) is 0 Å². The number of fused-ring (bicyclic) bond motifs is 2. The van der Waals surface area contributed by atoms with Crippen molar-refractivity contribution in [3.05, 3.63) is 59.7 Å². The van der Waals surface area contributed by atoms with Gasteiger partial charge in [0.15, 0.2) is 5.60 Å². The number of nitrogens with zero attached hydrogens (tertiary/aromatic N) is 1. The topological polar surface area (TPSA) is 99.1 Å². The van der Waals surface area contributed by atoms with E-state index in [9.17, 15) is 19.8 Å². The van der Waals surface area contributed by atoms with Crippen molar-refractivity contribution < 1.29 is 28.6 Å². The Bertz CT molecular complexity index is 1110. The number of rotatable bonds is 7. The molecule has 1 fully saturated rings. The molecule has 0 aliphatic carbocycles. The molecule has 1 spiro atoms. The highest BCUT2D eigenvalue weighted by Crippen LogP contribution is 2.60. The lowest BCUT2D eigenvalue weighted by Crippen LogP contribution is -2.45. The number of ether oxygens (including phenoxy) is 1. The van der Waals surface area contributed by atoms with Gasteiger partial charge in [-0.2, -0.15) is 0 Å². The van der Waals surface area contributed by atoms with Crippen LogP contribution in [0.2, 0.25) is 18.6 Å². The average Bonchev–Trinajstić information content (AvgIpc) is 3.22. The normalized spacial score (nSPS) is 26.8. The lowest BCUT2D eigenvalue weighted by atomic mass is 9.82. The molecule has 2 aromatic carbocycles. The predicted octanol–water partition coefficient (Wildman–Crippen LogP) is 3.71. The molecule has 0 bridgehead atoms. The van der Waals surface area contributed by atoms with E-state index in [4.69, 9.17) is 4.74 Å². The van der Waals surface area contributed by atoms with E-state index >= 15 is 4.11 Å². The van der Waals surface area contributed by atoms with E-state index in [0.29, 0.717) is 23.5 Å². The Hall–Kier alpha value is -2.59. The second kappa shape index (κ2) is 9.46. The largest absolute Gasteiger partial charge is 0.396 e. The van der Waals surface area contributed by atoms with Crippen LogP contribution in [0.1, 0.15) is 31.4 Å². The molecule has 0 unspecified atom stereocenters. The maximum Gasteiger partial charge on any atom is 0.264 e. The summed E-state index contributed by atoms with van der Waals surface area (Å²) >= 11 is 0. The molecule has 35 heavy (non-hydrogen) atoms. The summed E-state index contributed by atoms with van der Waals surface area (Å²) in [7, 11) is -3.29. The lowest BCUT2D eigenvalue weighted by molar-refractivity contribution is -0.146. The number of nitrogens with one attached hydrogen (secondary N) is 1. The zero-order chi connectivity index (χ0) is 25.5. The second-order valence-electron chi connectivity index (χ2n) is 10.1. The first kappa shape index (κ1) is 25.5. The fraction of sp³-hybridized carbons (Fsp3) is 0.462. The van der Waals surface area contributed by atoms with E-state index in [2.05, 4.69) is 5.32 Å². The van der Waals surface area contributed by atoms with Crippen molar-refractivity contribution >= 4 is 31.6 Å². The zero-order valence-corrected chi connectivity index (χ0v) is 21.5. The summed E-state index contributed by atoms with van der Waals surface area (Å²) in [4.78, 5) is 28.0. The molecule has 2 aromatic rings. The summed E-state index contributed by atoms with van der Waals surface area (Å²) in [6.07, 6.45) is -1.57. The highest BCUT2D eigenvalue weighted by molar-refractivity contribution is 6.72. The molecule has 2 amide bonds. The summed E-state index contributed by atoms with van der Waals surface area (Å²) in [6, 6.07) is 14.7. The van der Waals surface area contributed by atoms with Crippen LogP contribution in [0, 0.1) is 5.92 Å². The molecule has 2 aliphatic rings. The molecule has 0 saturated carbocycles. The first-order chi connectivity index (χ1) is 16.5. The van der Waals surface area contributed by atoms with Crippen LogP contribution in [0.3, 0.4) is 0 Å². The fourth-order valence-corrected chi connectivity index (χ4v) is 8.23. The third kappa shape index (κ3) is 4.42. The van der Waals surface area contributed by atoms with E-state index in [1.54, 1.807) is 36.2 Å². The van der Waals surface area contributed by atoms with E-state index in [-0.39, 0.29) is 18.9 Å². The molecule has 4 rings (SSSR count). The number of carbonyl (C=O) groups excluding carboxylic acids is 2.